The lowest BCUT2D eigenvalue weighted by Gasteiger charge is -2.28. The minimum Gasteiger partial charge on any atom is -0.465 e. The Morgan fingerprint density at radius 2 is 1.76 bits per heavy atom. The van der Waals surface area contributed by atoms with Crippen molar-refractivity contribution in [2.45, 2.75) is 39.3 Å². The molecular weight excluding hydrogens is 534 g/mol. The number of aromatic nitrogens is 2. The van der Waals surface area contributed by atoms with Crippen LogP contribution in [-0.2, 0) is 9.53 Å². The molecule has 0 spiro atoms. The van der Waals surface area contributed by atoms with Crippen molar-refractivity contribution in [3.05, 3.63) is 113 Å². The van der Waals surface area contributed by atoms with Crippen molar-refractivity contribution in [3.63, 3.8) is 0 Å². The molecule has 1 aliphatic rings. The fraction of sp³-hybridized carbons (Fsp3) is 0.250. The lowest BCUT2D eigenvalue weighted by molar-refractivity contribution is -0.116. The molecule has 1 saturated heterocycles. The molecule has 0 saturated carbocycles. The maximum absolute atomic E-state index is 12.9. The van der Waals surface area contributed by atoms with E-state index in [-0.39, 0.29) is 24.4 Å². The van der Waals surface area contributed by atoms with Gasteiger partial charge >= 0.3 is 5.97 Å². The number of nitrogens with zero attached hydrogens (tertiary/aromatic N) is 3. The van der Waals surface area contributed by atoms with Crippen LogP contribution in [0.1, 0.15) is 57.1 Å². The molecule has 5 rings (SSSR count). The van der Waals surface area contributed by atoms with Crippen LogP contribution in [0.3, 0.4) is 0 Å². The highest BCUT2D eigenvalue weighted by atomic mass is 32.1. The topological polar surface area (TPSA) is 88.5 Å². The second-order valence-corrected chi connectivity index (χ2v) is 10.5. The first kappa shape index (κ1) is 28.0. The zero-order valence-corrected chi connectivity index (χ0v) is 24.4. The molecule has 2 aromatic heterocycles. The number of aryl methyl sites for hydroxylation is 2. The summed E-state index contributed by atoms with van der Waals surface area (Å²) in [5, 5.41) is 7.01. The quantitative estimate of drug-likeness (QED) is 0.212. The Labute approximate surface area is 245 Å². The Morgan fingerprint density at radius 3 is 2.46 bits per heavy atom. The van der Waals surface area contributed by atoms with E-state index in [0.29, 0.717) is 17.2 Å². The van der Waals surface area contributed by atoms with Gasteiger partial charge in [-0.25, -0.2) is 4.79 Å². The Morgan fingerprint density at radius 1 is 1.02 bits per heavy atom. The molecule has 2 N–H and O–H groups in total. The van der Waals surface area contributed by atoms with E-state index in [9.17, 15) is 9.59 Å². The summed E-state index contributed by atoms with van der Waals surface area (Å²) in [4.78, 5) is 32.2. The second kappa shape index (κ2) is 11.9. The van der Waals surface area contributed by atoms with Gasteiger partial charge in [0.1, 0.15) is 0 Å². The van der Waals surface area contributed by atoms with Gasteiger partial charge in [0.25, 0.3) is 0 Å². The SMILES string of the molecule is COC(=O)c1ccccc1-n1c(C)cc([C@@H]2[C@@H](c3ccccn3)NC(=S)N2CCC(=O)Nc2ccc(C)cc2)c1C. The van der Waals surface area contributed by atoms with Crippen molar-refractivity contribution in [1.29, 1.82) is 0 Å². The zero-order valence-electron chi connectivity index (χ0n) is 23.5. The number of pyridine rings is 1. The van der Waals surface area contributed by atoms with Gasteiger partial charge in [0, 0.05) is 36.2 Å². The number of thiocarbonyl (C=S) groups is 1. The van der Waals surface area contributed by atoms with Crippen LogP contribution in [0.25, 0.3) is 5.69 Å². The van der Waals surface area contributed by atoms with E-state index in [1.807, 2.05) is 81.4 Å². The molecule has 1 fully saturated rings. The van der Waals surface area contributed by atoms with Crippen molar-refractivity contribution in [3.8, 4) is 5.69 Å². The number of para-hydroxylation sites is 1. The minimum absolute atomic E-state index is 0.0887. The standard InChI is InChI=1S/C32H33N5O3S/c1-20-12-14-23(15-13-20)34-28(38)16-18-36-30(29(35-32(36)41)26-10-7-8-17-33-26)25-19-21(2)37(22(25)3)27-11-6-5-9-24(27)31(39)40-4/h5-15,17,19,29-30H,16,18H2,1-4H3,(H,34,38)(H,35,41)/t29-,30-/m1/s1. The lowest BCUT2D eigenvalue weighted by Crippen LogP contribution is -2.32. The number of nitrogens with one attached hydrogen (secondary N) is 2. The molecule has 0 aliphatic carbocycles. The first-order chi connectivity index (χ1) is 19.8. The summed E-state index contributed by atoms with van der Waals surface area (Å²) in [7, 11) is 1.38. The summed E-state index contributed by atoms with van der Waals surface area (Å²) < 4.78 is 7.13. The van der Waals surface area contributed by atoms with Gasteiger partial charge in [0.05, 0.1) is 36.1 Å². The first-order valence-corrected chi connectivity index (χ1v) is 13.9. The van der Waals surface area contributed by atoms with Crippen molar-refractivity contribution in [1.82, 2.24) is 19.8 Å². The van der Waals surface area contributed by atoms with Crippen LogP contribution in [0.2, 0.25) is 0 Å². The van der Waals surface area contributed by atoms with Crippen molar-refractivity contribution < 1.29 is 14.3 Å². The number of hydrogen-bond acceptors (Lipinski definition) is 5. The Kier molecular flexibility index (Phi) is 8.16. The highest BCUT2D eigenvalue weighted by Gasteiger charge is 2.41. The molecule has 1 amide bonds. The highest BCUT2D eigenvalue weighted by Crippen LogP contribution is 2.41. The summed E-state index contributed by atoms with van der Waals surface area (Å²) in [6.07, 6.45) is 2.02. The third-order valence-corrected chi connectivity index (χ3v) is 7.80. The third kappa shape index (κ3) is 5.71. The van der Waals surface area contributed by atoms with Gasteiger partial charge < -0.3 is 24.8 Å². The Bertz CT molecular complexity index is 1580. The molecule has 0 unspecified atom stereocenters. The van der Waals surface area contributed by atoms with E-state index in [4.69, 9.17) is 17.0 Å². The van der Waals surface area contributed by atoms with Gasteiger partial charge in [0.15, 0.2) is 5.11 Å². The van der Waals surface area contributed by atoms with E-state index < -0.39 is 5.97 Å². The van der Waals surface area contributed by atoms with Gasteiger partial charge in [-0.15, -0.1) is 0 Å². The van der Waals surface area contributed by atoms with E-state index in [0.717, 1.165) is 39.6 Å². The molecule has 0 radical (unpaired) electrons. The normalized spacial score (nSPS) is 16.4. The molecule has 2 atom stereocenters. The largest absolute Gasteiger partial charge is 0.465 e. The maximum atomic E-state index is 12.9. The van der Waals surface area contributed by atoms with Crippen LogP contribution < -0.4 is 10.6 Å². The average molecular weight is 568 g/mol. The van der Waals surface area contributed by atoms with Gasteiger partial charge in [-0.1, -0.05) is 35.9 Å². The fourth-order valence-corrected chi connectivity index (χ4v) is 5.81. The number of ether oxygens (including phenoxy) is 1. The van der Waals surface area contributed by atoms with E-state index in [1.165, 1.54) is 7.11 Å². The molecule has 9 heteroatoms. The van der Waals surface area contributed by atoms with E-state index in [1.54, 1.807) is 12.3 Å². The Hall–Kier alpha value is -4.50. The maximum Gasteiger partial charge on any atom is 0.339 e. The number of benzene rings is 2. The summed E-state index contributed by atoms with van der Waals surface area (Å²) in [5.74, 6) is -0.486. The number of methoxy groups -OCH3 is 1. The number of carbonyl (C=O) groups excluding carboxylic acids is 2. The van der Waals surface area contributed by atoms with Crippen molar-refractivity contribution in [2.75, 3.05) is 19.0 Å². The smallest absolute Gasteiger partial charge is 0.339 e. The number of carbonyl (C=O) groups is 2. The molecular formula is C32H33N5O3S. The summed E-state index contributed by atoms with van der Waals surface area (Å²) in [6.45, 7) is 6.48. The minimum atomic E-state index is -0.397. The predicted molar refractivity (Wildman–Crippen MR) is 163 cm³/mol. The van der Waals surface area contributed by atoms with Crippen molar-refractivity contribution >= 4 is 34.9 Å². The summed E-state index contributed by atoms with van der Waals surface area (Å²) >= 11 is 5.83. The molecule has 210 valence electrons. The first-order valence-electron chi connectivity index (χ1n) is 13.5. The molecule has 3 heterocycles. The summed E-state index contributed by atoms with van der Waals surface area (Å²) in [6, 6.07) is 22.6. The fourth-order valence-electron chi connectivity index (χ4n) is 5.48. The number of anilines is 1. The molecule has 0 bridgehead atoms. The molecule has 4 aromatic rings. The van der Waals surface area contributed by atoms with Crippen LogP contribution in [0, 0.1) is 20.8 Å². The molecule has 41 heavy (non-hydrogen) atoms. The summed E-state index contributed by atoms with van der Waals surface area (Å²) in [5.41, 5.74) is 6.93. The second-order valence-electron chi connectivity index (χ2n) is 10.2. The van der Waals surface area contributed by atoms with Crippen LogP contribution in [-0.4, -0.2) is 45.1 Å². The van der Waals surface area contributed by atoms with E-state index >= 15 is 0 Å². The van der Waals surface area contributed by atoms with Crippen LogP contribution in [0.15, 0.2) is 79.0 Å². The average Bonchev–Trinajstić information content (AvgIpc) is 3.47. The molecule has 8 nitrogen and oxygen atoms in total. The monoisotopic (exact) mass is 567 g/mol. The number of rotatable bonds is 8. The van der Waals surface area contributed by atoms with Crippen LogP contribution >= 0.6 is 12.2 Å². The highest BCUT2D eigenvalue weighted by molar-refractivity contribution is 7.80. The van der Waals surface area contributed by atoms with E-state index in [2.05, 4.69) is 31.2 Å². The predicted octanol–water partition coefficient (Wildman–Crippen LogP) is 5.59. The molecule has 2 aromatic carbocycles. The number of amides is 1. The van der Waals surface area contributed by atoms with Gasteiger partial charge in [0.2, 0.25) is 5.91 Å². The van der Waals surface area contributed by atoms with Crippen LogP contribution in [0.4, 0.5) is 5.69 Å². The molecule has 1 aliphatic heterocycles. The zero-order chi connectivity index (χ0) is 29.1. The Balaban J connectivity index is 1.50. The van der Waals surface area contributed by atoms with Crippen LogP contribution in [0.5, 0.6) is 0 Å². The number of hydrogen-bond donors (Lipinski definition) is 2. The van der Waals surface area contributed by atoms with Crippen molar-refractivity contribution in [2.24, 2.45) is 0 Å². The number of esters is 1. The third-order valence-electron chi connectivity index (χ3n) is 7.45. The lowest BCUT2D eigenvalue weighted by atomic mass is 9.96. The van der Waals surface area contributed by atoms with Gasteiger partial charge in [-0.3, -0.25) is 9.78 Å². The van der Waals surface area contributed by atoms with Gasteiger partial charge in [-0.05, 0) is 81.0 Å². The van der Waals surface area contributed by atoms with Gasteiger partial charge in [-0.2, -0.15) is 0 Å².